The van der Waals surface area contributed by atoms with Crippen molar-refractivity contribution in [3.8, 4) is 23.5 Å². The third-order valence-corrected chi connectivity index (χ3v) is 10.2. The number of ether oxygens (including phenoxy) is 5. The number of hydrogen-bond acceptors (Lipinski definition) is 16. The third kappa shape index (κ3) is 42.7. The molecule has 5 heterocycles. The van der Waals surface area contributed by atoms with Gasteiger partial charge < -0.3 is 42.5 Å². The van der Waals surface area contributed by atoms with E-state index in [1.165, 1.54) is 70.7 Å². The molecule has 0 amide bonds. The molecule has 1 saturated heterocycles. The van der Waals surface area contributed by atoms with Crippen LogP contribution in [0.4, 0.5) is 0 Å². The van der Waals surface area contributed by atoms with E-state index in [2.05, 4.69) is 72.8 Å². The molecular weight excluding hydrogens is 1110 g/mol. The molecule has 0 bridgehead atoms. The zero-order valence-corrected chi connectivity index (χ0v) is 52.4. The summed E-state index contributed by atoms with van der Waals surface area (Å²) in [5.74, 6) is 3.27. The molecule has 25 heteroatoms. The van der Waals surface area contributed by atoms with Crippen LogP contribution in [-0.2, 0) is 53.4 Å². The first-order valence-electron chi connectivity index (χ1n) is 19.9. The standard InChI is InChI=1S/C10H15NO4S2.C9H12BrNO.C9H13NO.C6H6ClNO.C4H8O.C3H7.3CH4.ClH.Mg.2Na.O3S2/c1-7(2)10-8(17(12,16)15-14-4)5-6-9(11-10)13-3;1-6(2)9-7(10)4-5-8(11-9)12-3;1-7(2)8-5-4-6-9(10-8)11-3;1-9-6-4-2-3-5(7)8-6;1-2-4-5-3-1;1-3-2;;;;;;;;1-4-5(2)3/h5-7H,1-4H3;4-6H,1-3H3;4-7H,1-3H3;2-4H,1H3;1-4H2;3H,1-2H3;3*1H4;1H;;;;/q;;;;;-1;;;;;+2;;;/p-1. The Hall–Kier alpha value is -0.284. The zero-order chi connectivity index (χ0) is 49.7. The Bertz CT molecular complexity index is 2120. The van der Waals surface area contributed by atoms with Crippen molar-refractivity contribution in [3.63, 3.8) is 0 Å². The first kappa shape index (κ1) is 85.5. The predicted molar refractivity (Wildman–Crippen MR) is 290 cm³/mol. The van der Waals surface area contributed by atoms with Crippen LogP contribution < -0.4 is 31.4 Å². The molecule has 69 heavy (non-hydrogen) atoms. The van der Waals surface area contributed by atoms with Crippen LogP contribution >= 0.6 is 27.5 Å². The zero-order valence-electron chi connectivity index (χ0n) is 40.7. The summed E-state index contributed by atoms with van der Waals surface area (Å²) < 4.78 is 69.5. The molecule has 1 unspecified atom stereocenters. The summed E-state index contributed by atoms with van der Waals surface area (Å²) in [7, 11) is 1.56. The fraction of sp³-hybridized carbons (Fsp3) is 0.523. The van der Waals surface area contributed by atoms with E-state index in [-0.39, 0.29) is 63.7 Å². The molecule has 5 rings (SSSR count). The number of halogens is 3. The maximum absolute atomic E-state index is 12.1. The summed E-state index contributed by atoms with van der Waals surface area (Å²) in [5.41, 5.74) is 2.69. The van der Waals surface area contributed by atoms with Crippen LogP contribution in [0.25, 0.3) is 0 Å². The van der Waals surface area contributed by atoms with Crippen LogP contribution in [0.15, 0.2) is 70.0 Å². The van der Waals surface area contributed by atoms with E-state index in [1.54, 1.807) is 51.7 Å². The molecule has 0 radical (unpaired) electrons. The van der Waals surface area contributed by atoms with Gasteiger partial charge >= 0.3 is 75.9 Å². The van der Waals surface area contributed by atoms with E-state index < -0.39 is 28.3 Å². The number of methoxy groups -OCH3 is 4. The molecule has 1 atom stereocenters. The van der Waals surface area contributed by atoms with Gasteiger partial charge in [-0.1, -0.05) is 87.6 Å². The Labute approximate surface area is 489 Å². The predicted octanol–water partition coefficient (Wildman–Crippen LogP) is 7.54. The Morgan fingerprint density at radius 2 is 1.12 bits per heavy atom. The van der Waals surface area contributed by atoms with Crippen LogP contribution in [-0.4, -0.2) is 152 Å². The van der Waals surface area contributed by atoms with Crippen molar-refractivity contribution in [1.29, 1.82) is 0 Å². The normalized spacial score (nSPS) is 10.8. The van der Waals surface area contributed by atoms with Crippen molar-refractivity contribution in [2.45, 2.75) is 113 Å². The van der Waals surface area contributed by atoms with Crippen molar-refractivity contribution in [3.05, 3.63) is 93.8 Å². The van der Waals surface area contributed by atoms with Gasteiger partial charge in [0.1, 0.15) is 5.15 Å². The van der Waals surface area contributed by atoms with E-state index in [1.807, 2.05) is 64.4 Å². The number of nitrogens with zero attached hydrogens (tertiary/aromatic N) is 4. The Morgan fingerprint density at radius 1 is 0.725 bits per heavy atom. The topological polar surface area (TPSA) is 184 Å². The summed E-state index contributed by atoms with van der Waals surface area (Å²) >= 11 is 16.8. The summed E-state index contributed by atoms with van der Waals surface area (Å²) in [6.45, 7) is 18.3. The molecule has 0 spiro atoms. The monoisotopic (exact) mass is 1180 g/mol. The van der Waals surface area contributed by atoms with E-state index >= 15 is 0 Å². The molecule has 384 valence electrons. The Morgan fingerprint density at radius 3 is 1.45 bits per heavy atom. The average molecular weight is 1180 g/mol. The Balaban J connectivity index is -0.000000108. The summed E-state index contributed by atoms with van der Waals surface area (Å²) in [6.07, 6.45) is 4.56. The molecule has 0 saturated carbocycles. The van der Waals surface area contributed by atoms with Gasteiger partial charge in [0.2, 0.25) is 42.5 Å². The van der Waals surface area contributed by atoms with E-state index in [0.29, 0.717) is 51.1 Å². The van der Waals surface area contributed by atoms with E-state index in [9.17, 15) is 4.21 Å². The quantitative estimate of drug-likeness (QED) is 0.0499. The number of aromatic nitrogens is 4. The molecular formula is C44H73BrCl2MgN4Na2O11S4. The second-order valence-electron chi connectivity index (χ2n) is 12.9. The van der Waals surface area contributed by atoms with Crippen LogP contribution in [0.1, 0.15) is 125 Å². The Kier molecular flexibility index (Phi) is 66.9. The SMILES string of the molecule is C.C.C.C1CCOC1.COOS(=O)(=S)c1ccc(OC)nc1C(C)C.COc1ccc(Br)c(C(C)C)n1.COc1cccc(C(C)C)n1.COc1cccc(Cl)n1.C[CH-]C.O=S=S(=O)=O.[Cl-].[Mg+2].[Na][Na]. The summed E-state index contributed by atoms with van der Waals surface area (Å²) in [4.78, 5) is 21.4. The summed E-state index contributed by atoms with van der Waals surface area (Å²) in [5, 5.41) is 0.453. The molecule has 15 nitrogen and oxygen atoms in total. The molecule has 4 aromatic rings. The fourth-order valence-electron chi connectivity index (χ4n) is 4.15. The van der Waals surface area contributed by atoms with Gasteiger partial charge in [0, 0.05) is 58.8 Å². The van der Waals surface area contributed by atoms with Gasteiger partial charge in [0.25, 0.3) is 0 Å². The van der Waals surface area contributed by atoms with E-state index in [0.717, 1.165) is 29.1 Å². The second-order valence-corrected chi connectivity index (χ2v) is 18.7. The van der Waals surface area contributed by atoms with Crippen molar-refractivity contribution in [1.82, 2.24) is 19.9 Å². The first-order valence-corrected chi connectivity index (χ1v) is 33.8. The molecule has 1 aliphatic rings. The molecule has 1 aliphatic heterocycles. The fourth-order valence-corrected chi connectivity index (χ4v) is 6.59. The van der Waals surface area contributed by atoms with Crippen molar-refractivity contribution in [2.24, 2.45) is 0 Å². The molecule has 0 aromatic carbocycles. The molecule has 0 aliphatic carbocycles. The van der Waals surface area contributed by atoms with Crippen molar-refractivity contribution >= 4 is 134 Å². The van der Waals surface area contributed by atoms with Crippen LogP contribution in [0.5, 0.6) is 23.5 Å². The third-order valence-electron chi connectivity index (χ3n) is 6.97. The molecule has 0 N–H and O–H groups in total. The van der Waals surface area contributed by atoms with Gasteiger partial charge in [-0.15, -0.1) is 4.33 Å². The van der Waals surface area contributed by atoms with Crippen LogP contribution in [0.3, 0.4) is 0 Å². The number of hydrogen-bond donors (Lipinski definition) is 0. The van der Waals surface area contributed by atoms with Gasteiger partial charge in [-0.25, -0.2) is 29.0 Å². The summed E-state index contributed by atoms with van der Waals surface area (Å²) in [6, 6.07) is 18.0. The minimum absolute atomic E-state index is 0. The molecule has 1 fully saturated rings. The van der Waals surface area contributed by atoms with Gasteiger partial charge in [-0.05, 0) is 70.8 Å². The van der Waals surface area contributed by atoms with Gasteiger partial charge in [-0.3, -0.25) is 0 Å². The van der Waals surface area contributed by atoms with Gasteiger partial charge in [-0.2, -0.15) is 26.5 Å². The second kappa shape index (κ2) is 54.0. The number of rotatable bonds is 10. The first-order chi connectivity index (χ1) is 30.3. The average Bonchev–Trinajstić information content (AvgIpc) is 3.89. The maximum atomic E-state index is 12.1. The van der Waals surface area contributed by atoms with Crippen LogP contribution in [0, 0.1) is 6.42 Å². The van der Waals surface area contributed by atoms with Gasteiger partial charge in [0.05, 0.1) is 51.8 Å². The van der Waals surface area contributed by atoms with Crippen molar-refractivity contribution < 1.29 is 62.1 Å². The van der Waals surface area contributed by atoms with Crippen LogP contribution in [0.2, 0.25) is 5.15 Å². The van der Waals surface area contributed by atoms with Gasteiger partial charge in [0.15, 0.2) is 0 Å². The number of pyridine rings is 4. The molecule has 4 aromatic heterocycles. The van der Waals surface area contributed by atoms with E-state index in [4.69, 9.17) is 59.1 Å². The van der Waals surface area contributed by atoms with Crippen molar-refractivity contribution in [2.75, 3.05) is 48.8 Å². The minimum atomic E-state index is -3.12.